The van der Waals surface area contributed by atoms with E-state index >= 15 is 0 Å². The first-order valence-electron chi connectivity index (χ1n) is 5.80. The minimum Gasteiger partial charge on any atom is -0.497 e. The zero-order valence-electron chi connectivity index (χ0n) is 11.0. The maximum absolute atomic E-state index is 10.9. The first-order valence-corrected chi connectivity index (χ1v) is 5.80. The number of benzene rings is 1. The molecule has 3 nitrogen and oxygen atoms in total. The summed E-state index contributed by atoms with van der Waals surface area (Å²) in [4.78, 5) is 10.9. The number of allylic oxidation sites excluding steroid dienone is 3. The van der Waals surface area contributed by atoms with Crippen molar-refractivity contribution in [3.05, 3.63) is 48.1 Å². The minimum atomic E-state index is -0.351. The normalized spacial score (nSPS) is 11.6. The molecule has 1 aromatic rings. The van der Waals surface area contributed by atoms with E-state index in [2.05, 4.69) is 11.7 Å². The highest BCUT2D eigenvalue weighted by atomic mass is 16.5. The Morgan fingerprint density at radius 3 is 2.39 bits per heavy atom. The second-order valence-electron chi connectivity index (χ2n) is 3.66. The van der Waals surface area contributed by atoms with Gasteiger partial charge in [-0.05, 0) is 29.7 Å². The molecule has 0 aliphatic carbocycles. The van der Waals surface area contributed by atoms with Crippen LogP contribution in [0.2, 0.25) is 0 Å². The van der Waals surface area contributed by atoms with E-state index in [1.165, 1.54) is 13.2 Å². The maximum Gasteiger partial charge on any atom is 0.330 e. The molecule has 0 aliphatic rings. The predicted molar refractivity (Wildman–Crippen MR) is 72.4 cm³/mol. The lowest BCUT2D eigenvalue weighted by atomic mass is 10.0. The van der Waals surface area contributed by atoms with Gasteiger partial charge in [0.2, 0.25) is 0 Å². The lowest BCUT2D eigenvalue weighted by Gasteiger charge is -2.05. The molecule has 0 amide bonds. The fourth-order valence-electron chi connectivity index (χ4n) is 1.53. The topological polar surface area (TPSA) is 35.5 Å². The summed E-state index contributed by atoms with van der Waals surface area (Å²) in [6, 6.07) is 7.84. The van der Waals surface area contributed by atoms with E-state index in [4.69, 9.17) is 4.74 Å². The summed E-state index contributed by atoms with van der Waals surface area (Å²) in [5.41, 5.74) is 2.27. The van der Waals surface area contributed by atoms with Gasteiger partial charge in [0.1, 0.15) is 5.75 Å². The lowest BCUT2D eigenvalue weighted by Crippen LogP contribution is -1.93. The third kappa shape index (κ3) is 4.09. The van der Waals surface area contributed by atoms with Crippen molar-refractivity contribution in [3.63, 3.8) is 0 Å². The Morgan fingerprint density at radius 1 is 1.22 bits per heavy atom. The molecule has 0 saturated carbocycles. The van der Waals surface area contributed by atoms with Crippen LogP contribution in [0.4, 0.5) is 0 Å². The molecular weight excluding hydrogens is 228 g/mol. The summed E-state index contributed by atoms with van der Waals surface area (Å²) < 4.78 is 9.65. The van der Waals surface area contributed by atoms with Crippen LogP contribution in [0.25, 0.3) is 5.57 Å². The van der Waals surface area contributed by atoms with Gasteiger partial charge in [-0.15, -0.1) is 0 Å². The van der Waals surface area contributed by atoms with Gasteiger partial charge in [-0.2, -0.15) is 0 Å². The van der Waals surface area contributed by atoms with Crippen molar-refractivity contribution in [1.82, 2.24) is 0 Å². The number of carbonyl (C=O) groups is 1. The van der Waals surface area contributed by atoms with Gasteiger partial charge in [0, 0.05) is 6.08 Å². The van der Waals surface area contributed by atoms with Crippen LogP contribution in [-0.4, -0.2) is 20.2 Å². The monoisotopic (exact) mass is 246 g/mol. The van der Waals surface area contributed by atoms with Gasteiger partial charge >= 0.3 is 5.97 Å². The molecule has 1 aromatic carbocycles. The zero-order chi connectivity index (χ0) is 13.4. The molecule has 0 aliphatic heterocycles. The van der Waals surface area contributed by atoms with Gasteiger partial charge in [0.05, 0.1) is 14.2 Å². The second kappa shape index (κ2) is 7.33. The Morgan fingerprint density at radius 2 is 1.89 bits per heavy atom. The van der Waals surface area contributed by atoms with Crippen LogP contribution in [0.1, 0.15) is 18.9 Å². The smallest absolute Gasteiger partial charge is 0.330 e. The van der Waals surface area contributed by atoms with Crippen molar-refractivity contribution in [2.75, 3.05) is 14.2 Å². The average Bonchev–Trinajstić information content (AvgIpc) is 2.43. The van der Waals surface area contributed by atoms with E-state index in [1.807, 2.05) is 30.3 Å². The van der Waals surface area contributed by atoms with Crippen LogP contribution in [0.3, 0.4) is 0 Å². The Kier molecular flexibility index (Phi) is 5.71. The molecular formula is C15H18O3. The molecule has 0 bridgehead atoms. The Bertz CT molecular complexity index is 441. The number of methoxy groups -OCH3 is 2. The van der Waals surface area contributed by atoms with Crippen LogP contribution < -0.4 is 4.74 Å². The molecule has 0 saturated heterocycles. The summed E-state index contributed by atoms with van der Waals surface area (Å²) in [5.74, 6) is 0.482. The summed E-state index contributed by atoms with van der Waals surface area (Å²) in [6.07, 6.45) is 5.91. The van der Waals surface area contributed by atoms with E-state index in [9.17, 15) is 4.79 Å². The number of rotatable bonds is 5. The average molecular weight is 246 g/mol. The van der Waals surface area contributed by atoms with Gasteiger partial charge in [-0.25, -0.2) is 4.79 Å². The van der Waals surface area contributed by atoms with Crippen molar-refractivity contribution in [2.24, 2.45) is 0 Å². The van der Waals surface area contributed by atoms with E-state index < -0.39 is 0 Å². The fourth-order valence-corrected chi connectivity index (χ4v) is 1.53. The molecule has 0 atom stereocenters. The second-order valence-corrected chi connectivity index (χ2v) is 3.66. The van der Waals surface area contributed by atoms with Crippen LogP contribution in [0, 0.1) is 0 Å². The highest BCUT2D eigenvalue weighted by Gasteiger charge is 1.99. The SMILES string of the molecule is CCC(=CC=CC(=O)OC)c1ccc(OC)cc1. The molecule has 96 valence electrons. The Balaban J connectivity index is 2.84. The number of esters is 1. The molecule has 0 radical (unpaired) electrons. The fraction of sp³-hybridized carbons (Fsp3) is 0.267. The lowest BCUT2D eigenvalue weighted by molar-refractivity contribution is -0.134. The van der Waals surface area contributed by atoms with Crippen molar-refractivity contribution < 1.29 is 14.3 Å². The molecule has 0 unspecified atom stereocenters. The zero-order valence-corrected chi connectivity index (χ0v) is 11.0. The third-order valence-electron chi connectivity index (χ3n) is 2.57. The van der Waals surface area contributed by atoms with Gasteiger partial charge in [-0.3, -0.25) is 0 Å². The summed E-state index contributed by atoms with van der Waals surface area (Å²) in [7, 11) is 3.01. The van der Waals surface area contributed by atoms with E-state index in [0.29, 0.717) is 0 Å². The maximum atomic E-state index is 10.9. The summed E-state index contributed by atoms with van der Waals surface area (Å²) >= 11 is 0. The molecule has 0 N–H and O–H groups in total. The highest BCUT2D eigenvalue weighted by Crippen LogP contribution is 2.21. The van der Waals surface area contributed by atoms with Crippen LogP contribution in [0.5, 0.6) is 5.75 Å². The number of ether oxygens (including phenoxy) is 2. The summed E-state index contributed by atoms with van der Waals surface area (Å²) in [6.45, 7) is 2.07. The number of carbonyl (C=O) groups excluding carboxylic acids is 1. The Labute approximate surface area is 108 Å². The highest BCUT2D eigenvalue weighted by molar-refractivity contribution is 5.82. The van der Waals surface area contributed by atoms with Gasteiger partial charge in [0.25, 0.3) is 0 Å². The first-order chi connectivity index (χ1) is 8.71. The molecule has 18 heavy (non-hydrogen) atoms. The standard InChI is InChI=1S/C15H18O3/c1-4-12(6-5-7-15(16)18-3)13-8-10-14(17-2)11-9-13/h5-11H,4H2,1-3H3. The molecule has 3 heteroatoms. The first kappa shape index (κ1) is 14.0. The van der Waals surface area contributed by atoms with Gasteiger partial charge < -0.3 is 9.47 Å². The molecule has 0 fully saturated rings. The van der Waals surface area contributed by atoms with Crippen molar-refractivity contribution in [3.8, 4) is 5.75 Å². The van der Waals surface area contributed by atoms with Crippen molar-refractivity contribution in [2.45, 2.75) is 13.3 Å². The van der Waals surface area contributed by atoms with Crippen molar-refractivity contribution in [1.29, 1.82) is 0 Å². The van der Waals surface area contributed by atoms with Gasteiger partial charge in [-0.1, -0.05) is 31.2 Å². The van der Waals surface area contributed by atoms with E-state index in [0.717, 1.165) is 23.3 Å². The van der Waals surface area contributed by atoms with Gasteiger partial charge in [0.15, 0.2) is 0 Å². The minimum absolute atomic E-state index is 0.351. The number of hydrogen-bond acceptors (Lipinski definition) is 3. The van der Waals surface area contributed by atoms with Crippen LogP contribution in [0.15, 0.2) is 42.5 Å². The molecule has 0 aromatic heterocycles. The summed E-state index contributed by atoms with van der Waals surface area (Å²) in [5, 5.41) is 0. The Hall–Kier alpha value is -2.03. The predicted octanol–water partition coefficient (Wildman–Crippen LogP) is 3.22. The largest absolute Gasteiger partial charge is 0.497 e. The molecule has 1 rings (SSSR count). The van der Waals surface area contributed by atoms with E-state index in [1.54, 1.807) is 13.2 Å². The number of hydrogen-bond donors (Lipinski definition) is 0. The van der Waals surface area contributed by atoms with Crippen molar-refractivity contribution >= 4 is 11.5 Å². The third-order valence-corrected chi connectivity index (χ3v) is 2.57. The molecule has 0 heterocycles. The van der Waals surface area contributed by atoms with E-state index in [-0.39, 0.29) is 5.97 Å². The van der Waals surface area contributed by atoms with Crippen LogP contribution in [-0.2, 0) is 9.53 Å². The quantitative estimate of drug-likeness (QED) is 0.454. The van der Waals surface area contributed by atoms with Crippen LogP contribution >= 0.6 is 0 Å². The molecule has 0 spiro atoms.